The minimum absolute atomic E-state index is 0.139. The number of hydrogen-bond acceptors (Lipinski definition) is 0. The van der Waals surface area contributed by atoms with E-state index in [1.165, 1.54) is 24.7 Å². The normalized spacial score (nSPS) is 15.2. The maximum Gasteiger partial charge on any atom is 0.460 e. The van der Waals surface area contributed by atoms with Gasteiger partial charge in [0.25, 0.3) is 5.82 Å². The molecule has 0 amide bonds. The van der Waals surface area contributed by atoms with Crippen LogP contribution in [0.2, 0.25) is 0 Å². The van der Waals surface area contributed by atoms with E-state index in [9.17, 15) is 57.1 Å². The van der Waals surface area contributed by atoms with E-state index in [4.69, 9.17) is 0 Å². The molecular formula is C13H12F13N2+. The van der Waals surface area contributed by atoms with Crippen molar-refractivity contribution < 1.29 is 61.6 Å². The molecule has 2 nitrogen and oxygen atoms in total. The van der Waals surface area contributed by atoms with E-state index in [0.29, 0.717) is 0 Å². The molecule has 0 spiro atoms. The fraction of sp³-hybridized carbons (Fsp3) is 0.769. The number of aromatic nitrogens is 2. The van der Waals surface area contributed by atoms with Crippen molar-refractivity contribution in [1.29, 1.82) is 0 Å². The summed E-state index contributed by atoms with van der Waals surface area (Å²) in [5.41, 5.74) is 0. The van der Waals surface area contributed by atoms with Crippen LogP contribution < -0.4 is 4.57 Å². The number of rotatable bonds is 7. The van der Waals surface area contributed by atoms with Gasteiger partial charge in [-0.1, -0.05) is 0 Å². The molecule has 0 N–H and O–H groups in total. The number of nitrogens with zero attached hydrogens (tertiary/aromatic N) is 2. The summed E-state index contributed by atoms with van der Waals surface area (Å²) in [6.07, 6.45) is -7.38. The van der Waals surface area contributed by atoms with Crippen LogP contribution in [-0.4, -0.2) is 40.4 Å². The van der Waals surface area contributed by atoms with Crippen LogP contribution >= 0.6 is 0 Å². The lowest BCUT2D eigenvalue weighted by atomic mass is 9.92. The Labute approximate surface area is 148 Å². The minimum Gasteiger partial charge on any atom is -0.237 e. The minimum atomic E-state index is -7.86. The highest BCUT2D eigenvalue weighted by atomic mass is 19.4. The van der Waals surface area contributed by atoms with Crippen LogP contribution in [-0.2, 0) is 13.6 Å². The van der Waals surface area contributed by atoms with Crippen LogP contribution in [0.5, 0.6) is 0 Å². The second-order valence-electron chi connectivity index (χ2n) is 5.90. The second-order valence-corrected chi connectivity index (χ2v) is 5.90. The van der Waals surface area contributed by atoms with Crippen LogP contribution in [0, 0.1) is 6.92 Å². The molecule has 164 valence electrons. The zero-order chi connectivity index (χ0) is 22.6. The van der Waals surface area contributed by atoms with Gasteiger partial charge in [-0.2, -0.15) is 57.1 Å². The van der Waals surface area contributed by atoms with Crippen LogP contribution in [0.25, 0.3) is 0 Å². The number of hydrogen-bond donors (Lipinski definition) is 0. The standard InChI is InChI=1S/C13H12F13N2/c1-7-27(2)5-6-28(7)4-3-8(14,15)9(16,17)10(18,19)11(20,21)12(22,23)13(24,25)26/h5-6H,3-4H2,1-2H3/q+1. The smallest absolute Gasteiger partial charge is 0.237 e. The highest BCUT2D eigenvalue weighted by molar-refractivity contribution is 5.10. The summed E-state index contributed by atoms with van der Waals surface area (Å²) in [5, 5.41) is 0. The quantitative estimate of drug-likeness (QED) is 0.425. The summed E-state index contributed by atoms with van der Waals surface area (Å²) >= 11 is 0. The number of aryl methyl sites for hydroxylation is 2. The first-order valence-corrected chi connectivity index (χ1v) is 7.12. The van der Waals surface area contributed by atoms with Crippen LogP contribution in [0.15, 0.2) is 12.4 Å². The van der Waals surface area contributed by atoms with Crippen molar-refractivity contribution in [2.75, 3.05) is 0 Å². The van der Waals surface area contributed by atoms with Gasteiger partial charge in [0.15, 0.2) is 0 Å². The Morgan fingerprint density at radius 2 is 1.18 bits per heavy atom. The van der Waals surface area contributed by atoms with Crippen molar-refractivity contribution >= 4 is 0 Å². The van der Waals surface area contributed by atoms with Crippen molar-refractivity contribution in [1.82, 2.24) is 4.57 Å². The van der Waals surface area contributed by atoms with E-state index in [1.54, 1.807) is 0 Å². The van der Waals surface area contributed by atoms with E-state index >= 15 is 0 Å². The summed E-state index contributed by atoms with van der Waals surface area (Å²) in [6.45, 7) is 0.134. The Hall–Kier alpha value is -1.70. The number of alkyl halides is 13. The highest BCUT2D eigenvalue weighted by Gasteiger charge is 2.90. The second kappa shape index (κ2) is 6.68. The molecule has 0 saturated carbocycles. The Morgan fingerprint density at radius 1 is 0.750 bits per heavy atom. The molecule has 0 unspecified atom stereocenters. The Balaban J connectivity index is 3.27. The average Bonchev–Trinajstić information content (AvgIpc) is 2.82. The van der Waals surface area contributed by atoms with Crippen molar-refractivity contribution in [2.45, 2.75) is 55.7 Å². The van der Waals surface area contributed by atoms with Gasteiger partial charge in [0.05, 0.1) is 20.0 Å². The average molecular weight is 443 g/mol. The SMILES string of the molecule is Cc1n(C)cc[n+]1CCC(F)(F)C(F)(F)C(F)(F)C(F)(F)C(F)(F)C(F)(F)F. The van der Waals surface area contributed by atoms with Gasteiger partial charge in [-0.05, 0) is 0 Å². The lowest BCUT2D eigenvalue weighted by Crippen LogP contribution is -2.70. The van der Waals surface area contributed by atoms with E-state index in [0.717, 1.165) is 10.8 Å². The summed E-state index contributed by atoms with van der Waals surface area (Å²) in [5.74, 6) is -36.5. The van der Waals surface area contributed by atoms with Gasteiger partial charge >= 0.3 is 35.8 Å². The summed E-state index contributed by atoms with van der Waals surface area (Å²) in [7, 11) is 1.38. The maximum absolute atomic E-state index is 13.6. The topological polar surface area (TPSA) is 8.81 Å². The number of imidazole rings is 1. The molecular weight excluding hydrogens is 431 g/mol. The highest BCUT2D eigenvalue weighted by Crippen LogP contribution is 2.60. The Morgan fingerprint density at radius 3 is 1.54 bits per heavy atom. The molecule has 1 rings (SSSR count). The van der Waals surface area contributed by atoms with Crippen molar-refractivity contribution in [2.24, 2.45) is 7.05 Å². The first kappa shape index (κ1) is 24.3. The first-order valence-electron chi connectivity index (χ1n) is 7.12. The maximum atomic E-state index is 13.6. The molecule has 0 aliphatic carbocycles. The molecule has 0 aromatic carbocycles. The van der Waals surface area contributed by atoms with Gasteiger partial charge in [0.2, 0.25) is 0 Å². The lowest BCUT2D eigenvalue weighted by Gasteiger charge is -2.39. The fourth-order valence-electron chi connectivity index (χ4n) is 2.06. The summed E-state index contributed by atoms with van der Waals surface area (Å²) in [6, 6.07) is 0. The van der Waals surface area contributed by atoms with Gasteiger partial charge < -0.3 is 0 Å². The van der Waals surface area contributed by atoms with E-state index in [2.05, 4.69) is 0 Å². The molecule has 0 bridgehead atoms. The van der Waals surface area contributed by atoms with Crippen LogP contribution in [0.3, 0.4) is 0 Å². The molecule has 28 heavy (non-hydrogen) atoms. The van der Waals surface area contributed by atoms with E-state index < -0.39 is 48.8 Å². The van der Waals surface area contributed by atoms with E-state index in [-0.39, 0.29) is 5.82 Å². The third-order valence-electron chi connectivity index (χ3n) is 4.06. The molecule has 1 heterocycles. The zero-order valence-electron chi connectivity index (χ0n) is 13.9. The predicted octanol–water partition coefficient (Wildman–Crippen LogP) is 4.75. The molecule has 15 heteroatoms. The van der Waals surface area contributed by atoms with Crippen LogP contribution in [0.1, 0.15) is 12.2 Å². The largest absolute Gasteiger partial charge is 0.460 e. The molecule has 0 radical (unpaired) electrons. The number of halogens is 13. The molecule has 1 aromatic heterocycles. The molecule has 0 fully saturated rings. The molecule has 0 aliphatic heterocycles. The summed E-state index contributed by atoms with van der Waals surface area (Å²) < 4.78 is 170. The Kier molecular flexibility index (Phi) is 5.80. The van der Waals surface area contributed by atoms with Gasteiger partial charge in [0.1, 0.15) is 12.4 Å². The predicted molar refractivity (Wildman–Crippen MR) is 65.8 cm³/mol. The van der Waals surface area contributed by atoms with Gasteiger partial charge in [0, 0.05) is 6.92 Å². The Bertz CT molecular complexity index is 702. The molecule has 0 atom stereocenters. The van der Waals surface area contributed by atoms with E-state index in [1.807, 2.05) is 0 Å². The van der Waals surface area contributed by atoms with Gasteiger partial charge in [-0.25, -0.2) is 9.13 Å². The first-order chi connectivity index (χ1) is 12.1. The summed E-state index contributed by atoms with van der Waals surface area (Å²) in [4.78, 5) is 0. The molecule has 1 aromatic rings. The third kappa shape index (κ3) is 3.40. The molecule has 0 aliphatic rings. The van der Waals surface area contributed by atoms with Crippen LogP contribution in [0.4, 0.5) is 57.1 Å². The third-order valence-corrected chi connectivity index (χ3v) is 4.06. The molecule has 0 saturated heterocycles. The van der Waals surface area contributed by atoms with Crippen molar-refractivity contribution in [3.63, 3.8) is 0 Å². The zero-order valence-corrected chi connectivity index (χ0v) is 13.9. The monoisotopic (exact) mass is 443 g/mol. The fourth-order valence-corrected chi connectivity index (χ4v) is 2.06. The van der Waals surface area contributed by atoms with Gasteiger partial charge in [-0.15, -0.1) is 0 Å². The lowest BCUT2D eigenvalue weighted by molar-refractivity contribution is -0.705. The van der Waals surface area contributed by atoms with Crippen molar-refractivity contribution in [3.05, 3.63) is 18.2 Å². The van der Waals surface area contributed by atoms with Crippen molar-refractivity contribution in [3.8, 4) is 0 Å². The van der Waals surface area contributed by atoms with Gasteiger partial charge in [-0.3, -0.25) is 0 Å².